The molecule has 0 aliphatic carbocycles. The van der Waals surface area contributed by atoms with Gasteiger partial charge in [-0.15, -0.1) is 0 Å². The van der Waals surface area contributed by atoms with E-state index in [0.717, 1.165) is 11.1 Å². The minimum absolute atomic E-state index is 0.205. The van der Waals surface area contributed by atoms with Gasteiger partial charge in [0.2, 0.25) is 0 Å². The maximum atomic E-state index is 9.73. The van der Waals surface area contributed by atoms with Gasteiger partial charge in [-0.25, -0.2) is 0 Å². The summed E-state index contributed by atoms with van der Waals surface area (Å²) in [6.45, 7) is 1.91. The Kier molecular flexibility index (Phi) is 2.83. The molecule has 0 atom stereocenters. The third-order valence-electron chi connectivity index (χ3n) is 2.70. The summed E-state index contributed by atoms with van der Waals surface area (Å²) in [5.74, 6) is -0.457. The Morgan fingerprint density at radius 1 is 0.941 bits per heavy atom. The fourth-order valence-electron chi connectivity index (χ4n) is 1.73. The first-order chi connectivity index (χ1) is 8.11. The van der Waals surface area contributed by atoms with Crippen LogP contribution in [-0.2, 0) is 0 Å². The third-order valence-corrected chi connectivity index (χ3v) is 2.70. The van der Waals surface area contributed by atoms with Crippen LogP contribution >= 0.6 is 0 Å². The average Bonchev–Trinajstić information content (AvgIpc) is 2.32. The molecule has 0 fully saturated rings. The second-order valence-electron chi connectivity index (χ2n) is 3.86. The molecule has 2 aromatic carbocycles. The Morgan fingerprint density at radius 2 is 1.59 bits per heavy atom. The molecule has 0 saturated carbocycles. The summed E-state index contributed by atoms with van der Waals surface area (Å²) in [5.41, 5.74) is 2.24. The van der Waals surface area contributed by atoms with Gasteiger partial charge in [0.25, 0.3) is 0 Å². The quantitative estimate of drug-likeness (QED) is 0.545. The predicted molar refractivity (Wildman–Crippen MR) is 66.9 cm³/mol. The van der Waals surface area contributed by atoms with Crippen LogP contribution < -0.4 is 0 Å². The summed E-state index contributed by atoms with van der Waals surface area (Å²) in [5, 5.41) is 27.2. The molecule has 3 N–H and O–H groups in total. The van der Waals surface area contributed by atoms with Gasteiger partial charge < -0.3 is 10.2 Å². The molecule has 0 heterocycles. The predicted octanol–water partition coefficient (Wildman–Crippen LogP) is 2.82. The Morgan fingerprint density at radius 3 is 2.29 bits per heavy atom. The second kappa shape index (κ2) is 4.29. The summed E-state index contributed by atoms with van der Waals surface area (Å²) in [6, 6.07) is 12.1. The molecule has 0 spiro atoms. The van der Waals surface area contributed by atoms with E-state index < -0.39 is 0 Å². The normalized spacial score (nSPS) is 10.2. The van der Waals surface area contributed by atoms with Crippen molar-refractivity contribution in [2.75, 3.05) is 0 Å². The molecule has 3 nitrogen and oxygen atoms in total. The highest BCUT2D eigenvalue weighted by Gasteiger charge is 2.13. The third kappa shape index (κ3) is 1.99. The van der Waals surface area contributed by atoms with Crippen LogP contribution in [0.1, 0.15) is 16.7 Å². The van der Waals surface area contributed by atoms with E-state index in [9.17, 15) is 10.2 Å². The lowest BCUT2D eigenvalue weighted by Crippen LogP contribution is -2.03. The van der Waals surface area contributed by atoms with E-state index in [1.165, 1.54) is 6.07 Å². The van der Waals surface area contributed by atoms with E-state index >= 15 is 0 Å². The molecule has 0 saturated heterocycles. The van der Waals surface area contributed by atoms with Crippen molar-refractivity contribution in [3.05, 3.63) is 59.2 Å². The Balaban J connectivity index is 2.52. The van der Waals surface area contributed by atoms with Crippen LogP contribution in [0.3, 0.4) is 0 Å². The molecule has 0 bridgehead atoms. The van der Waals surface area contributed by atoms with Gasteiger partial charge in [-0.2, -0.15) is 0 Å². The van der Waals surface area contributed by atoms with Gasteiger partial charge in [-0.1, -0.05) is 30.3 Å². The number of rotatable bonds is 2. The molecule has 0 radical (unpaired) electrons. The van der Waals surface area contributed by atoms with Crippen molar-refractivity contribution in [1.29, 1.82) is 5.41 Å². The zero-order chi connectivity index (χ0) is 12.4. The first kappa shape index (κ1) is 11.2. The lowest BCUT2D eigenvalue weighted by Gasteiger charge is -2.10. The minimum atomic E-state index is -0.249. The molecule has 0 aliphatic rings. The summed E-state index contributed by atoms with van der Waals surface area (Å²) >= 11 is 0. The second-order valence-corrected chi connectivity index (χ2v) is 3.86. The lowest BCUT2D eigenvalue weighted by molar-refractivity contribution is 0.403. The zero-order valence-corrected chi connectivity index (χ0v) is 9.44. The zero-order valence-electron chi connectivity index (χ0n) is 9.44. The highest BCUT2D eigenvalue weighted by molar-refractivity contribution is 6.13. The van der Waals surface area contributed by atoms with Crippen molar-refractivity contribution in [3.63, 3.8) is 0 Å². The van der Waals surface area contributed by atoms with E-state index in [-0.39, 0.29) is 17.2 Å². The molecular formula is C14H13NO2. The van der Waals surface area contributed by atoms with Gasteiger partial charge in [0.1, 0.15) is 0 Å². The van der Waals surface area contributed by atoms with Crippen molar-refractivity contribution in [2.24, 2.45) is 0 Å². The number of hydrogen-bond donors (Lipinski definition) is 3. The highest BCUT2D eigenvalue weighted by Crippen LogP contribution is 2.30. The lowest BCUT2D eigenvalue weighted by atomic mass is 9.97. The number of aryl methyl sites for hydroxylation is 1. The Hall–Kier alpha value is -2.29. The van der Waals surface area contributed by atoms with E-state index in [1.54, 1.807) is 12.1 Å². The van der Waals surface area contributed by atoms with Gasteiger partial charge in [0.15, 0.2) is 11.5 Å². The van der Waals surface area contributed by atoms with Crippen LogP contribution in [0.5, 0.6) is 11.5 Å². The van der Waals surface area contributed by atoms with Crippen LogP contribution in [0.2, 0.25) is 0 Å². The number of para-hydroxylation sites is 1. The molecule has 86 valence electrons. The molecule has 2 rings (SSSR count). The van der Waals surface area contributed by atoms with Crippen LogP contribution in [-0.4, -0.2) is 15.9 Å². The monoisotopic (exact) mass is 227 g/mol. The number of nitrogens with one attached hydrogen (secondary N) is 1. The molecule has 0 aromatic heterocycles. The van der Waals surface area contributed by atoms with Gasteiger partial charge in [0, 0.05) is 11.1 Å². The summed E-state index contributed by atoms with van der Waals surface area (Å²) in [7, 11) is 0. The summed E-state index contributed by atoms with van der Waals surface area (Å²) in [6.07, 6.45) is 0. The smallest absolute Gasteiger partial charge is 0.167 e. The molecule has 17 heavy (non-hydrogen) atoms. The molecular weight excluding hydrogens is 214 g/mol. The topological polar surface area (TPSA) is 64.3 Å². The van der Waals surface area contributed by atoms with Crippen molar-refractivity contribution in [3.8, 4) is 11.5 Å². The fraction of sp³-hybridized carbons (Fsp3) is 0.0714. The standard InChI is InChI=1S/C14H13NO2/c1-9-5-2-3-6-10(9)13(15)11-7-4-8-12(16)14(11)17/h2-8,15-17H,1H3. The van der Waals surface area contributed by atoms with Crippen LogP contribution in [0.25, 0.3) is 0 Å². The van der Waals surface area contributed by atoms with E-state index in [1.807, 2.05) is 31.2 Å². The summed E-state index contributed by atoms with van der Waals surface area (Å²) in [4.78, 5) is 0. The first-order valence-electron chi connectivity index (χ1n) is 5.27. The number of phenolic OH excluding ortho intramolecular Hbond substituents is 2. The molecule has 0 unspecified atom stereocenters. The SMILES string of the molecule is Cc1ccccc1C(=N)c1cccc(O)c1O. The van der Waals surface area contributed by atoms with Gasteiger partial charge >= 0.3 is 0 Å². The largest absolute Gasteiger partial charge is 0.504 e. The van der Waals surface area contributed by atoms with Gasteiger partial charge in [0.05, 0.1) is 5.71 Å². The molecule has 0 amide bonds. The first-order valence-corrected chi connectivity index (χ1v) is 5.27. The van der Waals surface area contributed by atoms with E-state index in [4.69, 9.17) is 5.41 Å². The number of benzene rings is 2. The van der Waals surface area contributed by atoms with Gasteiger partial charge in [-0.3, -0.25) is 5.41 Å². The van der Waals surface area contributed by atoms with E-state index in [0.29, 0.717) is 5.56 Å². The van der Waals surface area contributed by atoms with E-state index in [2.05, 4.69) is 0 Å². The molecule has 3 heteroatoms. The van der Waals surface area contributed by atoms with Crippen molar-refractivity contribution < 1.29 is 10.2 Å². The van der Waals surface area contributed by atoms with Crippen molar-refractivity contribution in [2.45, 2.75) is 6.92 Å². The van der Waals surface area contributed by atoms with Crippen molar-refractivity contribution in [1.82, 2.24) is 0 Å². The highest BCUT2D eigenvalue weighted by atomic mass is 16.3. The number of phenols is 2. The average molecular weight is 227 g/mol. The molecule has 0 aliphatic heterocycles. The minimum Gasteiger partial charge on any atom is -0.504 e. The molecule has 2 aromatic rings. The van der Waals surface area contributed by atoms with Crippen LogP contribution in [0, 0.1) is 12.3 Å². The maximum Gasteiger partial charge on any atom is 0.167 e. The van der Waals surface area contributed by atoms with Crippen molar-refractivity contribution >= 4 is 5.71 Å². The van der Waals surface area contributed by atoms with Crippen LogP contribution in [0.4, 0.5) is 0 Å². The fourth-order valence-corrected chi connectivity index (χ4v) is 1.73. The van der Waals surface area contributed by atoms with Crippen LogP contribution in [0.15, 0.2) is 42.5 Å². The Labute approximate surface area is 99.5 Å². The Bertz CT molecular complexity index is 576. The number of aromatic hydroxyl groups is 2. The summed E-state index contributed by atoms with van der Waals surface area (Å²) < 4.78 is 0. The number of hydrogen-bond acceptors (Lipinski definition) is 3. The maximum absolute atomic E-state index is 9.73. The van der Waals surface area contributed by atoms with Gasteiger partial charge in [-0.05, 0) is 24.6 Å².